The molecule has 0 atom stereocenters. The zero-order valence-corrected chi connectivity index (χ0v) is 26.2. The molecule has 1 aliphatic heterocycles. The average molecular weight is 642 g/mol. The molecule has 0 unspecified atom stereocenters. The summed E-state index contributed by atoms with van der Waals surface area (Å²) in [6.07, 6.45) is 4.83. The quantitative estimate of drug-likeness (QED) is 0.196. The molecule has 4 aromatic rings. The van der Waals surface area contributed by atoms with Crippen LogP contribution in [0.4, 0.5) is 15.8 Å². The van der Waals surface area contributed by atoms with Crippen LogP contribution in [0.25, 0.3) is 0 Å². The van der Waals surface area contributed by atoms with Crippen molar-refractivity contribution >= 4 is 23.3 Å². The van der Waals surface area contributed by atoms with E-state index in [-0.39, 0.29) is 30.7 Å². The van der Waals surface area contributed by atoms with E-state index in [2.05, 4.69) is 25.5 Å². The van der Waals surface area contributed by atoms with Crippen molar-refractivity contribution in [3.05, 3.63) is 95.3 Å². The van der Waals surface area contributed by atoms with Crippen LogP contribution in [0.3, 0.4) is 0 Å². The maximum Gasteiger partial charge on any atom is 0.337 e. The second kappa shape index (κ2) is 15.7. The van der Waals surface area contributed by atoms with Gasteiger partial charge in [0.05, 0.1) is 60.8 Å². The second-order valence-electron chi connectivity index (χ2n) is 10.9. The molecule has 1 saturated heterocycles. The predicted octanol–water partition coefficient (Wildman–Crippen LogP) is 4.77. The maximum absolute atomic E-state index is 14.2. The topological polar surface area (TPSA) is 144 Å². The molecule has 1 amide bonds. The zero-order chi connectivity index (χ0) is 33.2. The molecule has 1 fully saturated rings. The molecule has 2 aromatic heterocycles. The lowest BCUT2D eigenvalue weighted by molar-refractivity contribution is -0.117. The highest BCUT2D eigenvalue weighted by Crippen LogP contribution is 2.26. The molecule has 2 aromatic carbocycles. The van der Waals surface area contributed by atoms with E-state index in [1.54, 1.807) is 48.9 Å². The lowest BCUT2D eigenvalue weighted by atomic mass is 10.1. The first-order valence-corrected chi connectivity index (χ1v) is 15.3. The van der Waals surface area contributed by atoms with Crippen LogP contribution in [0.5, 0.6) is 11.8 Å². The molecule has 0 radical (unpaired) electrons. The summed E-state index contributed by atoms with van der Waals surface area (Å²) < 4.78 is 32.8. The van der Waals surface area contributed by atoms with Gasteiger partial charge in [-0.15, -0.1) is 0 Å². The minimum Gasteiger partial charge on any atom is -0.474 e. The molecule has 13 heteroatoms. The number of methoxy groups -OCH3 is 1. The number of carbonyl (C=O) groups is 2. The zero-order valence-electron chi connectivity index (χ0n) is 26.2. The number of ether oxygens (including phenoxy) is 3. The highest BCUT2D eigenvalue weighted by molar-refractivity contribution is 5.98. The van der Waals surface area contributed by atoms with Gasteiger partial charge >= 0.3 is 5.97 Å². The van der Waals surface area contributed by atoms with Crippen LogP contribution in [0.2, 0.25) is 0 Å². The largest absolute Gasteiger partial charge is 0.474 e. The van der Waals surface area contributed by atoms with Gasteiger partial charge < -0.3 is 29.4 Å². The van der Waals surface area contributed by atoms with Crippen molar-refractivity contribution in [3.8, 4) is 17.8 Å². The Morgan fingerprint density at radius 3 is 2.64 bits per heavy atom. The van der Waals surface area contributed by atoms with E-state index in [0.29, 0.717) is 66.7 Å². The molecule has 2 N–H and O–H groups in total. The molecule has 0 aliphatic carbocycles. The number of anilines is 2. The van der Waals surface area contributed by atoms with E-state index < -0.39 is 11.8 Å². The first-order chi connectivity index (χ1) is 22.8. The van der Waals surface area contributed by atoms with Crippen LogP contribution in [0.15, 0.2) is 67.1 Å². The highest BCUT2D eigenvalue weighted by Gasteiger charge is 2.23. The molecule has 12 nitrogen and oxygen atoms in total. The van der Waals surface area contributed by atoms with E-state index in [1.165, 1.54) is 25.3 Å². The number of benzene rings is 2. The molecule has 0 spiro atoms. The average Bonchev–Trinajstić information content (AvgIpc) is 3.55. The smallest absolute Gasteiger partial charge is 0.337 e. The van der Waals surface area contributed by atoms with Crippen LogP contribution in [-0.4, -0.2) is 64.2 Å². The van der Waals surface area contributed by atoms with Crippen LogP contribution in [0, 0.1) is 17.1 Å². The molecular weight excluding hydrogens is 605 g/mol. The van der Waals surface area contributed by atoms with Gasteiger partial charge in [-0.2, -0.15) is 10.2 Å². The fraction of sp³-hybridized carbons (Fsp3) is 0.324. The number of hydrogen-bond acceptors (Lipinski definition) is 10. The Bertz CT molecular complexity index is 1750. The van der Waals surface area contributed by atoms with Crippen LogP contribution >= 0.6 is 0 Å². The number of nitriles is 1. The van der Waals surface area contributed by atoms with Crippen molar-refractivity contribution in [2.75, 3.05) is 37.4 Å². The van der Waals surface area contributed by atoms with Gasteiger partial charge in [-0.3, -0.25) is 9.69 Å². The summed E-state index contributed by atoms with van der Waals surface area (Å²) >= 11 is 0. The van der Waals surface area contributed by atoms with Gasteiger partial charge in [0.1, 0.15) is 18.5 Å². The normalized spacial score (nSPS) is 13.4. The number of nitrogens with one attached hydrogen (secondary N) is 2. The number of piperidine rings is 1. The van der Waals surface area contributed by atoms with Gasteiger partial charge in [-0.25, -0.2) is 14.2 Å². The van der Waals surface area contributed by atoms with Crippen molar-refractivity contribution in [1.82, 2.24) is 19.4 Å². The molecule has 5 rings (SSSR count). The Morgan fingerprint density at radius 1 is 1.09 bits per heavy atom. The third kappa shape index (κ3) is 8.83. The molecule has 47 heavy (non-hydrogen) atoms. The number of pyridine rings is 1. The number of aromatic nitrogens is 3. The number of nitrogens with zero attached hydrogens (tertiary/aromatic N) is 5. The number of rotatable bonds is 13. The summed E-state index contributed by atoms with van der Waals surface area (Å²) in [5, 5.41) is 15.2. The first kappa shape index (κ1) is 32.9. The van der Waals surface area contributed by atoms with Crippen molar-refractivity contribution < 1.29 is 28.2 Å². The second-order valence-corrected chi connectivity index (χ2v) is 10.9. The number of carbonyl (C=O) groups excluding carboxylic acids is 2. The van der Waals surface area contributed by atoms with Crippen molar-refractivity contribution in [1.29, 1.82) is 5.26 Å². The maximum atomic E-state index is 14.2. The molecule has 244 valence electrons. The molecule has 1 aliphatic rings. The molecule has 0 saturated carbocycles. The summed E-state index contributed by atoms with van der Waals surface area (Å²) in [6.45, 7) is 4.71. The summed E-state index contributed by atoms with van der Waals surface area (Å²) in [4.78, 5) is 35.9. The van der Waals surface area contributed by atoms with Crippen molar-refractivity contribution in [2.24, 2.45) is 0 Å². The number of likely N-dealkylation sites (tertiary alicyclic amines) is 1. The van der Waals surface area contributed by atoms with Gasteiger partial charge in [0.2, 0.25) is 17.7 Å². The first-order valence-electron chi connectivity index (χ1n) is 15.3. The SMILES string of the molecule is CCn1cncc1CNc1cc(C(=O)OC)ccc1NC(=O)CN1CCC(Oc2cccc(OCc3ccc(C#N)cc3F)n2)CC1. The van der Waals surface area contributed by atoms with E-state index in [1.807, 2.05) is 17.6 Å². The molecular formula is C34H36FN7O5. The number of halogens is 1. The van der Waals surface area contributed by atoms with Gasteiger partial charge in [0, 0.05) is 43.5 Å². The van der Waals surface area contributed by atoms with Crippen LogP contribution in [0.1, 0.15) is 46.9 Å². The summed E-state index contributed by atoms with van der Waals surface area (Å²) in [5.74, 6) is -0.465. The Hall–Kier alpha value is -5.48. The number of amides is 1. The number of esters is 1. The van der Waals surface area contributed by atoms with E-state index in [9.17, 15) is 14.0 Å². The lowest BCUT2D eigenvalue weighted by Crippen LogP contribution is -2.42. The minimum absolute atomic E-state index is 0.0358. The standard InChI is InChI=1S/C34H36FN7O5/c1-3-42-22-37-18-26(42)19-38-30-16-24(34(44)45-2)9-10-29(30)39-31(43)20-41-13-11-27(12-14-41)47-33-6-4-5-32(40-33)46-21-25-8-7-23(17-36)15-28(25)35/h4-10,15-16,18,22,27,38H,3,11-14,19-21H2,1-2H3,(H,39,43). The third-order valence-corrected chi connectivity index (χ3v) is 7.76. The number of aryl methyl sites for hydroxylation is 1. The molecule has 3 heterocycles. The van der Waals surface area contributed by atoms with Gasteiger partial charge in [-0.05, 0) is 50.1 Å². The van der Waals surface area contributed by atoms with E-state index >= 15 is 0 Å². The van der Waals surface area contributed by atoms with E-state index in [4.69, 9.17) is 19.5 Å². The van der Waals surface area contributed by atoms with Crippen LogP contribution < -0.4 is 20.1 Å². The summed E-state index contributed by atoms with van der Waals surface area (Å²) in [5.41, 5.74) is 3.04. The lowest BCUT2D eigenvalue weighted by Gasteiger charge is -2.31. The minimum atomic E-state index is -0.512. The Balaban J connectivity index is 1.12. The highest BCUT2D eigenvalue weighted by atomic mass is 19.1. The van der Waals surface area contributed by atoms with Crippen LogP contribution in [-0.2, 0) is 29.2 Å². The summed E-state index contributed by atoms with van der Waals surface area (Å²) in [7, 11) is 1.32. The predicted molar refractivity (Wildman–Crippen MR) is 171 cm³/mol. The van der Waals surface area contributed by atoms with Crippen molar-refractivity contribution in [3.63, 3.8) is 0 Å². The van der Waals surface area contributed by atoms with Gasteiger partial charge in [-0.1, -0.05) is 12.1 Å². The molecule has 0 bridgehead atoms. The Labute approximate surface area is 272 Å². The monoisotopic (exact) mass is 641 g/mol. The van der Waals surface area contributed by atoms with Gasteiger partial charge in [0.25, 0.3) is 0 Å². The number of hydrogen-bond donors (Lipinski definition) is 2. The fourth-order valence-electron chi connectivity index (χ4n) is 5.19. The summed E-state index contributed by atoms with van der Waals surface area (Å²) in [6, 6.07) is 16.3. The Kier molecular flexibility index (Phi) is 11.0. The van der Waals surface area contributed by atoms with E-state index in [0.717, 1.165) is 12.2 Å². The third-order valence-electron chi connectivity index (χ3n) is 7.76. The number of imidazole rings is 1. The van der Waals surface area contributed by atoms with Crippen molar-refractivity contribution in [2.45, 2.75) is 45.6 Å². The van der Waals surface area contributed by atoms with Gasteiger partial charge in [0.15, 0.2) is 0 Å². The Morgan fingerprint density at radius 2 is 1.89 bits per heavy atom. The fourth-order valence-corrected chi connectivity index (χ4v) is 5.19.